The third-order valence-corrected chi connectivity index (χ3v) is 2.76. The average Bonchev–Trinajstić information content (AvgIpc) is 2.14. The van der Waals surface area contributed by atoms with Crippen LogP contribution in [0.1, 0.15) is 31.3 Å². The molecule has 1 unspecified atom stereocenters. The van der Waals surface area contributed by atoms with E-state index < -0.39 is 16.9 Å². The number of hydrogen-bond acceptors (Lipinski definition) is 6. The summed E-state index contributed by atoms with van der Waals surface area (Å²) in [5.41, 5.74) is 1.34. The Morgan fingerprint density at radius 2 is 2.00 bits per heavy atom. The lowest BCUT2D eigenvalue weighted by molar-refractivity contribution is 0.0163. The molecule has 4 N–H and O–H groups in total. The van der Waals surface area contributed by atoms with Gasteiger partial charge in [0.05, 0.1) is 29.4 Å². The molecule has 0 spiro atoms. The van der Waals surface area contributed by atoms with Gasteiger partial charge in [-0.3, -0.25) is 19.1 Å². The number of aromatic nitrogens is 2. The van der Waals surface area contributed by atoms with E-state index in [2.05, 4.69) is 9.97 Å². The maximum absolute atomic E-state index is 9.31. The first-order chi connectivity index (χ1) is 7.78. The van der Waals surface area contributed by atoms with Crippen LogP contribution >= 0.6 is 10.8 Å². The van der Waals surface area contributed by atoms with Crippen molar-refractivity contribution in [1.82, 2.24) is 9.97 Å². The van der Waals surface area contributed by atoms with Gasteiger partial charge in [-0.2, -0.15) is 0 Å². The molecular weight excluding hydrogens is 242 g/mol. The molecule has 1 atom stereocenters. The molecule has 0 saturated heterocycles. The van der Waals surface area contributed by atoms with E-state index in [1.807, 2.05) is 20.8 Å². The molecule has 1 aromatic heterocycles. The molecule has 1 rings (SSSR count). The van der Waals surface area contributed by atoms with Crippen LogP contribution < -0.4 is 5.14 Å². The quantitative estimate of drug-likeness (QED) is 0.748. The Balaban J connectivity index is 2.85. The zero-order valence-electron chi connectivity index (χ0n) is 10.2. The lowest BCUT2D eigenvalue weighted by Crippen LogP contribution is -2.23. The molecule has 1 heterocycles. The molecular formula is C10H19N3O3S. The van der Waals surface area contributed by atoms with Gasteiger partial charge in [-0.05, 0) is 20.8 Å². The zero-order chi connectivity index (χ0) is 13.1. The third-order valence-electron chi connectivity index (χ3n) is 1.96. The Labute approximate surface area is 103 Å². The summed E-state index contributed by atoms with van der Waals surface area (Å²) in [6, 6.07) is 0. The zero-order valence-corrected chi connectivity index (χ0v) is 11.0. The highest BCUT2D eigenvalue weighted by molar-refractivity contribution is 8.22. The SMILES string of the molecule is Cc1cnc(C(CS(N)(O)O)OC(C)C)cn1. The van der Waals surface area contributed by atoms with E-state index in [0.29, 0.717) is 5.69 Å². The Morgan fingerprint density at radius 1 is 1.35 bits per heavy atom. The molecule has 0 bridgehead atoms. The fraction of sp³-hybridized carbons (Fsp3) is 0.600. The second-order valence-corrected chi connectivity index (χ2v) is 5.91. The second kappa shape index (κ2) is 5.74. The Morgan fingerprint density at radius 3 is 2.41 bits per heavy atom. The van der Waals surface area contributed by atoms with Crippen LogP contribution in [0.2, 0.25) is 0 Å². The smallest absolute Gasteiger partial charge is 0.120 e. The molecule has 0 aliphatic rings. The van der Waals surface area contributed by atoms with Crippen molar-refractivity contribution >= 4 is 10.8 Å². The Bertz CT molecular complexity index is 351. The summed E-state index contributed by atoms with van der Waals surface area (Å²) in [6.45, 7) is 5.54. The normalized spacial score (nSPS) is 15.0. The van der Waals surface area contributed by atoms with E-state index in [0.717, 1.165) is 5.69 Å². The van der Waals surface area contributed by atoms with Crippen molar-refractivity contribution in [3.63, 3.8) is 0 Å². The van der Waals surface area contributed by atoms with Crippen LogP contribution in [0.5, 0.6) is 0 Å². The molecule has 0 radical (unpaired) electrons. The van der Waals surface area contributed by atoms with Gasteiger partial charge in [-0.25, -0.2) is 5.14 Å². The summed E-state index contributed by atoms with van der Waals surface area (Å²) >= 11 is 0. The van der Waals surface area contributed by atoms with Gasteiger partial charge < -0.3 is 4.74 Å². The van der Waals surface area contributed by atoms with Crippen molar-refractivity contribution in [3.8, 4) is 0 Å². The average molecular weight is 261 g/mol. The Hall–Kier alpha value is -0.730. The summed E-state index contributed by atoms with van der Waals surface area (Å²) in [5, 5.41) is 5.25. The van der Waals surface area contributed by atoms with Crippen molar-refractivity contribution in [2.45, 2.75) is 33.0 Å². The van der Waals surface area contributed by atoms with Crippen LogP contribution in [0.3, 0.4) is 0 Å². The first-order valence-electron chi connectivity index (χ1n) is 5.25. The highest BCUT2D eigenvalue weighted by atomic mass is 32.3. The minimum atomic E-state index is -3.12. The third kappa shape index (κ3) is 5.42. The lowest BCUT2D eigenvalue weighted by atomic mass is 10.3. The fourth-order valence-electron chi connectivity index (χ4n) is 1.31. The molecule has 98 valence electrons. The monoisotopic (exact) mass is 261 g/mol. The van der Waals surface area contributed by atoms with Gasteiger partial charge in [0.1, 0.15) is 6.10 Å². The number of nitrogens with two attached hydrogens (primary N) is 1. The van der Waals surface area contributed by atoms with Gasteiger partial charge in [0.2, 0.25) is 0 Å². The highest BCUT2D eigenvalue weighted by Gasteiger charge is 2.21. The van der Waals surface area contributed by atoms with Crippen molar-refractivity contribution in [2.24, 2.45) is 5.14 Å². The molecule has 0 saturated carbocycles. The van der Waals surface area contributed by atoms with E-state index in [-0.39, 0.29) is 11.9 Å². The standard InChI is InChI=1S/C10H19N3O3S/c1-7(2)16-10(6-17(11,14)15)9-5-12-8(3)4-13-9/h4-5,7,10,14-15H,6,11H2,1-3H3. The summed E-state index contributed by atoms with van der Waals surface area (Å²) in [4.78, 5) is 8.26. The maximum atomic E-state index is 9.31. The fourth-order valence-corrected chi connectivity index (χ4v) is 2.01. The molecule has 7 heteroatoms. The van der Waals surface area contributed by atoms with E-state index in [1.54, 1.807) is 12.4 Å². The summed E-state index contributed by atoms with van der Waals surface area (Å²) in [7, 11) is -3.12. The first kappa shape index (κ1) is 14.3. The number of rotatable bonds is 5. The van der Waals surface area contributed by atoms with E-state index in [9.17, 15) is 9.11 Å². The van der Waals surface area contributed by atoms with Crippen LogP contribution in [-0.4, -0.2) is 30.9 Å². The van der Waals surface area contributed by atoms with Crippen LogP contribution in [0.15, 0.2) is 12.4 Å². The molecule has 1 aromatic rings. The van der Waals surface area contributed by atoms with Crippen molar-refractivity contribution in [3.05, 3.63) is 23.8 Å². The highest BCUT2D eigenvalue weighted by Crippen LogP contribution is 2.35. The molecule has 17 heavy (non-hydrogen) atoms. The van der Waals surface area contributed by atoms with E-state index in [1.165, 1.54) is 0 Å². The molecule has 0 fully saturated rings. The minimum Gasteiger partial charge on any atom is -0.367 e. The van der Waals surface area contributed by atoms with Crippen molar-refractivity contribution in [1.29, 1.82) is 0 Å². The van der Waals surface area contributed by atoms with Gasteiger partial charge in [-0.15, -0.1) is 10.8 Å². The molecule has 0 amide bonds. The largest absolute Gasteiger partial charge is 0.367 e. The number of aryl methyl sites for hydroxylation is 1. The molecule has 0 aliphatic carbocycles. The maximum Gasteiger partial charge on any atom is 0.120 e. The number of nitrogens with zero attached hydrogens (tertiary/aromatic N) is 2. The van der Waals surface area contributed by atoms with E-state index in [4.69, 9.17) is 9.88 Å². The number of ether oxygens (including phenoxy) is 1. The predicted octanol–water partition coefficient (Wildman–Crippen LogP) is 1.88. The first-order valence-corrected chi connectivity index (χ1v) is 7.03. The predicted molar refractivity (Wildman–Crippen MR) is 67.6 cm³/mol. The second-order valence-electron chi connectivity index (χ2n) is 4.14. The van der Waals surface area contributed by atoms with E-state index >= 15 is 0 Å². The van der Waals surface area contributed by atoms with Crippen molar-refractivity contribution in [2.75, 3.05) is 5.75 Å². The minimum absolute atomic E-state index is 0.0650. The lowest BCUT2D eigenvalue weighted by Gasteiger charge is -2.31. The van der Waals surface area contributed by atoms with Gasteiger partial charge in [-0.1, -0.05) is 0 Å². The summed E-state index contributed by atoms with van der Waals surface area (Å²) in [6.07, 6.45) is 2.55. The molecule has 6 nitrogen and oxygen atoms in total. The molecule has 0 aromatic carbocycles. The van der Waals surface area contributed by atoms with Gasteiger partial charge >= 0.3 is 0 Å². The van der Waals surface area contributed by atoms with Crippen molar-refractivity contribution < 1.29 is 13.8 Å². The van der Waals surface area contributed by atoms with Crippen LogP contribution in [-0.2, 0) is 4.74 Å². The summed E-state index contributed by atoms with van der Waals surface area (Å²) in [5.74, 6) is -0.0804. The topological polar surface area (TPSA) is 101 Å². The van der Waals surface area contributed by atoms with Gasteiger partial charge in [0.15, 0.2) is 0 Å². The number of hydrogen-bond donors (Lipinski definition) is 3. The van der Waals surface area contributed by atoms with Crippen LogP contribution in [0.4, 0.5) is 0 Å². The van der Waals surface area contributed by atoms with Gasteiger partial charge in [0, 0.05) is 6.20 Å². The van der Waals surface area contributed by atoms with Crippen LogP contribution in [0, 0.1) is 6.92 Å². The molecule has 0 aliphatic heterocycles. The van der Waals surface area contributed by atoms with Gasteiger partial charge in [0.25, 0.3) is 0 Å². The Kier molecular flexibility index (Phi) is 4.84. The van der Waals surface area contributed by atoms with Crippen LogP contribution in [0.25, 0.3) is 0 Å². The summed E-state index contributed by atoms with van der Waals surface area (Å²) < 4.78 is 24.2.